The van der Waals surface area contributed by atoms with E-state index in [4.69, 9.17) is 11.6 Å². The van der Waals surface area contributed by atoms with Crippen LogP contribution in [0.1, 0.15) is 63.5 Å². The number of halogens is 1. The molecule has 0 aromatic heterocycles. The number of nitrogens with zero attached hydrogens (tertiary/aromatic N) is 3. The Labute approximate surface area is 164 Å². The fraction of sp³-hybridized carbons (Fsp3) is 0.400. The fourth-order valence-electron chi connectivity index (χ4n) is 2.73. The van der Waals surface area contributed by atoms with Crippen molar-refractivity contribution in [3.05, 3.63) is 56.6 Å². The van der Waals surface area contributed by atoms with E-state index in [2.05, 4.69) is 37.9 Å². The summed E-state index contributed by atoms with van der Waals surface area (Å²) in [6.45, 7) is 8.26. The SMILES string of the molecule is CCC(C)c1cc(N=Nc2ccc([N+](=O)[O-])c(Cl)c2)cc(C(C)CC)c1O. The van der Waals surface area contributed by atoms with E-state index in [-0.39, 0.29) is 22.5 Å². The maximum absolute atomic E-state index is 10.8. The van der Waals surface area contributed by atoms with Gasteiger partial charge < -0.3 is 5.11 Å². The second-order valence-electron chi connectivity index (χ2n) is 6.68. The Morgan fingerprint density at radius 2 is 1.56 bits per heavy atom. The monoisotopic (exact) mass is 389 g/mol. The normalized spacial score (nSPS) is 13.7. The molecule has 27 heavy (non-hydrogen) atoms. The van der Waals surface area contributed by atoms with E-state index in [0.29, 0.717) is 17.1 Å². The van der Waals surface area contributed by atoms with Crippen LogP contribution in [0.3, 0.4) is 0 Å². The summed E-state index contributed by atoms with van der Waals surface area (Å²) in [7, 11) is 0. The molecule has 0 aliphatic rings. The zero-order valence-corrected chi connectivity index (χ0v) is 16.7. The van der Waals surface area contributed by atoms with Gasteiger partial charge in [0.1, 0.15) is 10.8 Å². The Bertz CT molecular complexity index is 837. The predicted octanol–water partition coefficient (Wildman–Crippen LogP) is 7.40. The van der Waals surface area contributed by atoms with Gasteiger partial charge in [-0.25, -0.2) is 0 Å². The summed E-state index contributed by atoms with van der Waals surface area (Å²) in [6.07, 6.45) is 1.79. The highest BCUT2D eigenvalue weighted by Crippen LogP contribution is 2.40. The molecule has 2 rings (SSSR count). The Hall–Kier alpha value is -2.47. The van der Waals surface area contributed by atoms with Gasteiger partial charge in [0, 0.05) is 6.07 Å². The number of nitro groups is 1. The lowest BCUT2D eigenvalue weighted by atomic mass is 9.89. The first-order valence-electron chi connectivity index (χ1n) is 9.00. The number of hydrogen-bond acceptors (Lipinski definition) is 5. The molecule has 7 heteroatoms. The van der Waals surface area contributed by atoms with Crippen molar-refractivity contribution in [3.63, 3.8) is 0 Å². The van der Waals surface area contributed by atoms with Crippen molar-refractivity contribution < 1.29 is 10.0 Å². The van der Waals surface area contributed by atoms with Gasteiger partial charge >= 0.3 is 0 Å². The molecule has 2 aromatic carbocycles. The highest BCUT2D eigenvalue weighted by atomic mass is 35.5. The maximum Gasteiger partial charge on any atom is 0.288 e. The molecule has 144 valence electrons. The van der Waals surface area contributed by atoms with Crippen LogP contribution >= 0.6 is 11.6 Å². The minimum absolute atomic E-state index is 0.0164. The average molecular weight is 390 g/mol. The van der Waals surface area contributed by atoms with Crippen molar-refractivity contribution in [2.75, 3.05) is 0 Å². The fourth-order valence-corrected chi connectivity index (χ4v) is 2.98. The van der Waals surface area contributed by atoms with Crippen molar-refractivity contribution in [3.8, 4) is 5.75 Å². The minimum Gasteiger partial charge on any atom is -0.507 e. The summed E-state index contributed by atoms with van der Waals surface area (Å²) in [5, 5.41) is 30.0. The number of nitro benzene ring substituents is 1. The molecule has 0 heterocycles. The molecule has 0 aliphatic heterocycles. The molecule has 0 saturated carbocycles. The van der Waals surface area contributed by atoms with Crippen LogP contribution < -0.4 is 0 Å². The summed E-state index contributed by atoms with van der Waals surface area (Å²) in [6, 6.07) is 7.90. The van der Waals surface area contributed by atoms with Crippen molar-refractivity contribution >= 4 is 28.7 Å². The molecule has 0 bridgehead atoms. The molecule has 6 nitrogen and oxygen atoms in total. The second kappa shape index (κ2) is 8.95. The van der Waals surface area contributed by atoms with Gasteiger partial charge in [0.2, 0.25) is 0 Å². The van der Waals surface area contributed by atoms with E-state index in [0.717, 1.165) is 24.0 Å². The van der Waals surface area contributed by atoms with E-state index in [1.165, 1.54) is 18.2 Å². The molecular weight excluding hydrogens is 366 g/mol. The molecular formula is C20H24ClN3O3. The quantitative estimate of drug-likeness (QED) is 0.304. The number of hydrogen-bond donors (Lipinski definition) is 1. The second-order valence-corrected chi connectivity index (χ2v) is 7.09. The smallest absolute Gasteiger partial charge is 0.288 e. The number of phenolic OH excluding ortho intramolecular Hbond substituents is 1. The van der Waals surface area contributed by atoms with Gasteiger partial charge in [-0.2, -0.15) is 10.2 Å². The highest BCUT2D eigenvalue weighted by Gasteiger charge is 2.18. The van der Waals surface area contributed by atoms with E-state index >= 15 is 0 Å². The van der Waals surface area contributed by atoms with Crippen LogP contribution in [0.4, 0.5) is 17.1 Å². The van der Waals surface area contributed by atoms with Crippen LogP contribution in [0.15, 0.2) is 40.6 Å². The summed E-state index contributed by atoms with van der Waals surface area (Å²) in [5.41, 5.74) is 2.59. The molecule has 0 amide bonds. The van der Waals surface area contributed by atoms with Crippen LogP contribution in [0.2, 0.25) is 5.02 Å². The lowest BCUT2D eigenvalue weighted by molar-refractivity contribution is -0.384. The van der Waals surface area contributed by atoms with Crippen molar-refractivity contribution in [2.45, 2.75) is 52.4 Å². The first kappa shape index (κ1) is 20.8. The molecule has 0 spiro atoms. The van der Waals surface area contributed by atoms with Gasteiger partial charge in [-0.3, -0.25) is 10.1 Å². The van der Waals surface area contributed by atoms with Crippen molar-refractivity contribution in [2.24, 2.45) is 10.2 Å². The zero-order chi connectivity index (χ0) is 20.1. The zero-order valence-electron chi connectivity index (χ0n) is 15.9. The van der Waals surface area contributed by atoms with Gasteiger partial charge in [0.15, 0.2) is 0 Å². The van der Waals surface area contributed by atoms with Gasteiger partial charge in [-0.05, 0) is 60.1 Å². The number of benzene rings is 2. The summed E-state index contributed by atoms with van der Waals surface area (Å²) in [4.78, 5) is 10.3. The lowest BCUT2D eigenvalue weighted by Crippen LogP contribution is -1.98. The van der Waals surface area contributed by atoms with Gasteiger partial charge in [0.05, 0.1) is 16.3 Å². The van der Waals surface area contributed by atoms with Crippen LogP contribution in [0.25, 0.3) is 0 Å². The first-order chi connectivity index (χ1) is 12.8. The molecule has 0 radical (unpaired) electrons. The molecule has 0 aliphatic carbocycles. The summed E-state index contributed by atoms with van der Waals surface area (Å²) in [5.74, 6) is 0.713. The highest BCUT2D eigenvalue weighted by molar-refractivity contribution is 6.32. The largest absolute Gasteiger partial charge is 0.507 e. The number of phenols is 1. The van der Waals surface area contributed by atoms with Crippen molar-refractivity contribution in [1.29, 1.82) is 0 Å². The molecule has 2 atom stereocenters. The van der Waals surface area contributed by atoms with E-state index < -0.39 is 4.92 Å². The first-order valence-corrected chi connectivity index (χ1v) is 9.38. The Kier molecular flexibility index (Phi) is 6.91. The van der Waals surface area contributed by atoms with Crippen LogP contribution in [-0.4, -0.2) is 10.0 Å². The Balaban J connectivity index is 2.44. The summed E-state index contributed by atoms with van der Waals surface area (Å²) >= 11 is 5.92. The van der Waals surface area contributed by atoms with Crippen LogP contribution in [-0.2, 0) is 0 Å². The number of aromatic hydroxyl groups is 1. The van der Waals surface area contributed by atoms with E-state index in [9.17, 15) is 15.2 Å². The van der Waals surface area contributed by atoms with Crippen LogP contribution in [0, 0.1) is 10.1 Å². The third kappa shape index (κ3) is 4.83. The molecule has 1 N–H and O–H groups in total. The number of azo groups is 1. The van der Waals surface area contributed by atoms with E-state index in [1.807, 2.05) is 12.1 Å². The molecule has 0 saturated heterocycles. The minimum atomic E-state index is -0.542. The predicted molar refractivity (Wildman–Crippen MR) is 108 cm³/mol. The van der Waals surface area contributed by atoms with Crippen molar-refractivity contribution in [1.82, 2.24) is 0 Å². The average Bonchev–Trinajstić information content (AvgIpc) is 2.65. The molecule has 0 fully saturated rings. The standard InChI is InChI=1S/C20H24ClN3O3/c1-5-12(3)16-9-15(10-17(20(16)25)13(4)6-2)23-22-14-7-8-19(24(26)27)18(21)11-14/h7-13,25H,5-6H2,1-4H3. The lowest BCUT2D eigenvalue weighted by Gasteiger charge is -2.18. The summed E-state index contributed by atoms with van der Waals surface area (Å²) < 4.78 is 0. The van der Waals surface area contributed by atoms with Gasteiger partial charge in [-0.1, -0.05) is 39.3 Å². The third-order valence-electron chi connectivity index (χ3n) is 4.85. The Morgan fingerprint density at radius 3 is 2.00 bits per heavy atom. The number of rotatable bonds is 7. The Morgan fingerprint density at radius 1 is 1.04 bits per heavy atom. The third-order valence-corrected chi connectivity index (χ3v) is 5.15. The topological polar surface area (TPSA) is 88.1 Å². The van der Waals surface area contributed by atoms with Gasteiger partial charge in [0.25, 0.3) is 5.69 Å². The maximum atomic E-state index is 10.8. The van der Waals surface area contributed by atoms with E-state index in [1.54, 1.807) is 0 Å². The van der Waals surface area contributed by atoms with Gasteiger partial charge in [-0.15, -0.1) is 0 Å². The molecule has 2 unspecified atom stereocenters. The van der Waals surface area contributed by atoms with Crippen LogP contribution in [0.5, 0.6) is 5.75 Å². The molecule has 2 aromatic rings.